The highest BCUT2D eigenvalue weighted by Crippen LogP contribution is 2.22. The van der Waals surface area contributed by atoms with E-state index < -0.39 is 15.9 Å². The average Bonchev–Trinajstić information content (AvgIpc) is 2.93. The number of sulfonamides is 1. The van der Waals surface area contributed by atoms with Crippen LogP contribution in [0.25, 0.3) is 0 Å². The number of anilines is 1. The maximum absolute atomic E-state index is 12.8. The molecule has 0 heterocycles. The van der Waals surface area contributed by atoms with E-state index in [-0.39, 0.29) is 4.90 Å². The molecular formula is C28H24ClN3O4S. The summed E-state index contributed by atoms with van der Waals surface area (Å²) in [5.74, 6) is 0.261. The Balaban J connectivity index is 1.31. The van der Waals surface area contributed by atoms with Gasteiger partial charge in [0.1, 0.15) is 12.4 Å². The summed E-state index contributed by atoms with van der Waals surface area (Å²) in [7, 11) is -2.23. The summed E-state index contributed by atoms with van der Waals surface area (Å²) in [6.45, 7) is 0.357. The largest absolute Gasteiger partial charge is 0.489 e. The second-order valence-corrected chi connectivity index (χ2v) is 10.4. The second kappa shape index (κ2) is 11.7. The fourth-order valence-electron chi connectivity index (χ4n) is 3.37. The SMILES string of the molecule is CN(c1ccc(C(=O)NN=Cc2ccc(OCc3ccccc3Cl)cc2)cc1)S(=O)(=O)c1ccccc1. The van der Waals surface area contributed by atoms with E-state index in [1.807, 2.05) is 36.4 Å². The lowest BCUT2D eigenvalue weighted by Crippen LogP contribution is -2.26. The lowest BCUT2D eigenvalue weighted by Gasteiger charge is -2.19. The van der Waals surface area contributed by atoms with Crippen molar-refractivity contribution in [2.45, 2.75) is 11.5 Å². The van der Waals surface area contributed by atoms with E-state index in [0.29, 0.717) is 28.6 Å². The van der Waals surface area contributed by atoms with Crippen LogP contribution < -0.4 is 14.5 Å². The van der Waals surface area contributed by atoms with E-state index in [1.54, 1.807) is 54.6 Å². The second-order valence-electron chi connectivity index (χ2n) is 7.98. The minimum atomic E-state index is -3.70. The van der Waals surface area contributed by atoms with Crippen molar-refractivity contribution in [1.29, 1.82) is 0 Å². The standard InChI is InChI=1S/C28H24ClN3O4S/c1-32(37(34,35)26-8-3-2-4-9-26)24-15-13-22(14-16-24)28(33)31-30-19-21-11-17-25(18-12-21)36-20-23-7-5-6-10-27(23)29/h2-19H,20H2,1H3,(H,31,33). The number of rotatable bonds is 9. The van der Waals surface area contributed by atoms with Crippen molar-refractivity contribution >= 4 is 39.4 Å². The van der Waals surface area contributed by atoms with Crippen LogP contribution in [0.15, 0.2) is 113 Å². The van der Waals surface area contributed by atoms with E-state index in [4.69, 9.17) is 16.3 Å². The molecule has 0 bridgehead atoms. The van der Waals surface area contributed by atoms with Gasteiger partial charge in [0.2, 0.25) is 0 Å². The van der Waals surface area contributed by atoms with Gasteiger partial charge in [-0.1, -0.05) is 48.0 Å². The first-order valence-corrected chi connectivity index (χ1v) is 13.1. The zero-order valence-corrected chi connectivity index (χ0v) is 21.5. The molecule has 188 valence electrons. The molecule has 0 aromatic heterocycles. The lowest BCUT2D eigenvalue weighted by atomic mass is 10.2. The molecule has 0 aliphatic rings. The van der Waals surface area contributed by atoms with Crippen molar-refractivity contribution in [3.63, 3.8) is 0 Å². The van der Waals surface area contributed by atoms with E-state index in [1.165, 1.54) is 29.7 Å². The molecule has 0 atom stereocenters. The minimum absolute atomic E-state index is 0.189. The molecule has 4 rings (SSSR count). The van der Waals surface area contributed by atoms with Crippen molar-refractivity contribution in [1.82, 2.24) is 5.43 Å². The van der Waals surface area contributed by atoms with Gasteiger partial charge in [-0.15, -0.1) is 0 Å². The zero-order valence-electron chi connectivity index (χ0n) is 19.9. The van der Waals surface area contributed by atoms with Crippen molar-refractivity contribution in [2.24, 2.45) is 5.10 Å². The topological polar surface area (TPSA) is 88.1 Å². The van der Waals surface area contributed by atoms with Crippen molar-refractivity contribution in [3.05, 3.63) is 125 Å². The number of nitrogens with zero attached hydrogens (tertiary/aromatic N) is 2. The molecular weight excluding hydrogens is 510 g/mol. The zero-order chi connectivity index (χ0) is 26.3. The van der Waals surface area contributed by atoms with E-state index >= 15 is 0 Å². The third-order valence-corrected chi connectivity index (χ3v) is 7.68. The number of carbonyl (C=O) groups excluding carboxylic acids is 1. The Labute approximate surface area is 221 Å². The van der Waals surface area contributed by atoms with Gasteiger partial charge in [0.25, 0.3) is 15.9 Å². The summed E-state index contributed by atoms with van der Waals surface area (Å²) >= 11 is 6.15. The Hall–Kier alpha value is -4.14. The molecule has 4 aromatic rings. The third-order valence-electron chi connectivity index (χ3n) is 5.51. The van der Waals surface area contributed by atoms with Gasteiger partial charge in [-0.3, -0.25) is 9.10 Å². The van der Waals surface area contributed by atoms with Crippen molar-refractivity contribution in [3.8, 4) is 5.75 Å². The number of hydrogen-bond donors (Lipinski definition) is 1. The molecule has 0 unspecified atom stereocenters. The third kappa shape index (κ3) is 6.55. The minimum Gasteiger partial charge on any atom is -0.489 e. The molecule has 1 amide bonds. The molecule has 4 aromatic carbocycles. The quantitative estimate of drug-likeness (QED) is 0.227. The molecule has 0 saturated carbocycles. The first-order valence-electron chi connectivity index (χ1n) is 11.3. The molecule has 0 spiro atoms. The Bertz CT molecular complexity index is 1490. The number of hydrazone groups is 1. The van der Waals surface area contributed by atoms with Crippen molar-refractivity contribution < 1.29 is 17.9 Å². The predicted molar refractivity (Wildman–Crippen MR) is 146 cm³/mol. The maximum Gasteiger partial charge on any atom is 0.271 e. The highest BCUT2D eigenvalue weighted by Gasteiger charge is 2.21. The lowest BCUT2D eigenvalue weighted by molar-refractivity contribution is 0.0955. The maximum atomic E-state index is 12.8. The van der Waals surface area contributed by atoms with Gasteiger partial charge in [0.05, 0.1) is 16.8 Å². The first kappa shape index (κ1) is 25.9. The number of amides is 1. The summed E-state index contributed by atoms with van der Waals surface area (Å²) in [6, 6.07) is 29.1. The average molecular weight is 534 g/mol. The number of halogens is 1. The normalized spacial score (nSPS) is 11.3. The molecule has 1 N–H and O–H groups in total. The van der Waals surface area contributed by atoms with E-state index in [2.05, 4.69) is 10.5 Å². The Kier molecular flexibility index (Phi) is 8.22. The molecule has 0 fully saturated rings. The number of hydrogen-bond acceptors (Lipinski definition) is 5. The van der Waals surface area contributed by atoms with Crippen LogP contribution in [0.3, 0.4) is 0 Å². The van der Waals surface area contributed by atoms with Crippen LogP contribution in [0.2, 0.25) is 5.02 Å². The predicted octanol–water partition coefficient (Wildman–Crippen LogP) is 5.51. The van der Waals surface area contributed by atoms with Crippen LogP contribution in [0.4, 0.5) is 5.69 Å². The Morgan fingerprint density at radius 2 is 1.57 bits per heavy atom. The van der Waals surface area contributed by atoms with Gasteiger partial charge in [-0.25, -0.2) is 13.8 Å². The number of benzene rings is 4. The summed E-state index contributed by atoms with van der Waals surface area (Å²) in [5, 5.41) is 4.65. The highest BCUT2D eigenvalue weighted by atomic mass is 35.5. The van der Waals surface area contributed by atoms with Crippen LogP contribution in [-0.2, 0) is 16.6 Å². The van der Waals surface area contributed by atoms with E-state index in [0.717, 1.165) is 11.1 Å². The summed E-state index contributed by atoms with van der Waals surface area (Å²) in [5.41, 5.74) is 4.92. The van der Waals surface area contributed by atoms with Gasteiger partial charge in [0.15, 0.2) is 0 Å². The van der Waals surface area contributed by atoms with Crippen LogP contribution >= 0.6 is 11.6 Å². The van der Waals surface area contributed by atoms with Gasteiger partial charge in [-0.2, -0.15) is 5.10 Å². The monoisotopic (exact) mass is 533 g/mol. The van der Waals surface area contributed by atoms with Gasteiger partial charge in [-0.05, 0) is 72.3 Å². The molecule has 0 aliphatic carbocycles. The first-order chi connectivity index (χ1) is 17.8. The fraction of sp³-hybridized carbons (Fsp3) is 0.0714. The molecule has 0 saturated heterocycles. The Morgan fingerprint density at radius 1 is 0.919 bits per heavy atom. The van der Waals surface area contributed by atoms with E-state index in [9.17, 15) is 13.2 Å². The molecule has 0 radical (unpaired) electrons. The van der Waals surface area contributed by atoms with Crippen molar-refractivity contribution in [2.75, 3.05) is 11.4 Å². The smallest absolute Gasteiger partial charge is 0.271 e. The van der Waals surface area contributed by atoms with Gasteiger partial charge < -0.3 is 4.74 Å². The van der Waals surface area contributed by atoms with Gasteiger partial charge in [0, 0.05) is 23.2 Å². The molecule has 9 heteroatoms. The summed E-state index contributed by atoms with van der Waals surface area (Å²) in [6.07, 6.45) is 1.52. The molecule has 7 nitrogen and oxygen atoms in total. The summed E-state index contributed by atoms with van der Waals surface area (Å²) < 4.78 is 32.5. The highest BCUT2D eigenvalue weighted by molar-refractivity contribution is 7.92. The number of nitrogens with one attached hydrogen (secondary N) is 1. The summed E-state index contributed by atoms with van der Waals surface area (Å²) in [4.78, 5) is 12.6. The van der Waals surface area contributed by atoms with Crippen LogP contribution in [0.1, 0.15) is 21.5 Å². The molecule has 37 heavy (non-hydrogen) atoms. The molecule has 0 aliphatic heterocycles. The van der Waals surface area contributed by atoms with Crippen LogP contribution in [0, 0.1) is 0 Å². The fourth-order valence-corrected chi connectivity index (χ4v) is 4.78. The number of ether oxygens (including phenoxy) is 1. The Morgan fingerprint density at radius 3 is 2.24 bits per heavy atom. The van der Waals surface area contributed by atoms with Gasteiger partial charge >= 0.3 is 0 Å². The van der Waals surface area contributed by atoms with Crippen LogP contribution in [-0.4, -0.2) is 27.6 Å². The van der Waals surface area contributed by atoms with Crippen LogP contribution in [0.5, 0.6) is 5.75 Å². The number of carbonyl (C=O) groups is 1.